The summed E-state index contributed by atoms with van der Waals surface area (Å²) in [6.45, 7) is 7.25. The van der Waals surface area contributed by atoms with Gasteiger partial charge in [-0.05, 0) is 24.8 Å². The highest BCUT2D eigenvalue weighted by atomic mass is 32.1. The first-order chi connectivity index (χ1) is 10.2. The second-order valence-corrected chi connectivity index (χ2v) is 6.42. The van der Waals surface area contributed by atoms with Crippen molar-refractivity contribution in [3.05, 3.63) is 34.2 Å². The maximum absolute atomic E-state index is 5.74. The molecule has 0 bridgehead atoms. The van der Waals surface area contributed by atoms with Crippen LogP contribution in [-0.4, -0.2) is 47.6 Å². The van der Waals surface area contributed by atoms with Crippen molar-refractivity contribution in [3.8, 4) is 0 Å². The van der Waals surface area contributed by atoms with E-state index in [-0.39, 0.29) is 0 Å². The lowest BCUT2D eigenvalue weighted by Gasteiger charge is -2.35. The molecule has 3 rings (SSSR count). The Kier molecular flexibility index (Phi) is 4.36. The summed E-state index contributed by atoms with van der Waals surface area (Å²) < 4.78 is 0. The summed E-state index contributed by atoms with van der Waals surface area (Å²) in [4.78, 5) is 14.8. The largest absolute Gasteiger partial charge is 0.368 e. The van der Waals surface area contributed by atoms with Crippen LogP contribution in [0.4, 0.5) is 11.8 Å². The van der Waals surface area contributed by atoms with Crippen molar-refractivity contribution in [2.75, 3.05) is 43.4 Å². The van der Waals surface area contributed by atoms with Gasteiger partial charge in [0, 0.05) is 49.4 Å². The number of anilines is 2. The molecule has 0 spiro atoms. The molecule has 0 atom stereocenters. The Morgan fingerprint density at radius 3 is 2.71 bits per heavy atom. The third-order valence-electron chi connectivity index (χ3n) is 3.81. The van der Waals surface area contributed by atoms with Gasteiger partial charge in [0.2, 0.25) is 5.95 Å². The molecule has 0 radical (unpaired) electrons. The lowest BCUT2D eigenvalue weighted by Crippen LogP contribution is -2.47. The SMILES string of the molecule is Cc1cc(N2CCN(CCc3cccs3)CC2)nc(N)n1. The lowest BCUT2D eigenvalue weighted by molar-refractivity contribution is 0.261. The molecular formula is C15H21N5S. The summed E-state index contributed by atoms with van der Waals surface area (Å²) in [7, 11) is 0. The highest BCUT2D eigenvalue weighted by molar-refractivity contribution is 7.09. The van der Waals surface area contributed by atoms with Crippen LogP contribution in [0.5, 0.6) is 0 Å². The molecule has 21 heavy (non-hydrogen) atoms. The molecule has 2 aromatic heterocycles. The first-order valence-corrected chi connectivity index (χ1v) is 8.19. The van der Waals surface area contributed by atoms with Crippen LogP contribution in [0, 0.1) is 6.92 Å². The standard InChI is InChI=1S/C15H21N5S/c1-12-11-14(18-15(16)17-12)20-8-6-19(7-9-20)5-4-13-3-2-10-21-13/h2-3,10-11H,4-9H2,1H3,(H2,16,17,18). The zero-order chi connectivity index (χ0) is 14.7. The Morgan fingerprint density at radius 2 is 2.05 bits per heavy atom. The van der Waals surface area contributed by atoms with Crippen molar-refractivity contribution in [1.82, 2.24) is 14.9 Å². The number of hydrogen-bond donors (Lipinski definition) is 1. The fourth-order valence-corrected chi connectivity index (χ4v) is 3.36. The van der Waals surface area contributed by atoms with E-state index in [1.54, 1.807) is 0 Å². The highest BCUT2D eigenvalue weighted by Gasteiger charge is 2.18. The van der Waals surface area contributed by atoms with E-state index in [2.05, 4.69) is 37.3 Å². The molecule has 6 heteroatoms. The van der Waals surface area contributed by atoms with Crippen LogP contribution in [0.3, 0.4) is 0 Å². The predicted molar refractivity (Wildman–Crippen MR) is 87.9 cm³/mol. The van der Waals surface area contributed by atoms with Crippen LogP contribution in [0.1, 0.15) is 10.6 Å². The second kappa shape index (κ2) is 6.41. The van der Waals surface area contributed by atoms with Gasteiger partial charge in [-0.25, -0.2) is 4.98 Å². The van der Waals surface area contributed by atoms with Gasteiger partial charge in [0.25, 0.3) is 0 Å². The number of aromatic nitrogens is 2. The molecular weight excluding hydrogens is 282 g/mol. The third-order valence-corrected chi connectivity index (χ3v) is 4.74. The van der Waals surface area contributed by atoms with Crippen molar-refractivity contribution < 1.29 is 0 Å². The molecule has 2 aromatic rings. The quantitative estimate of drug-likeness (QED) is 0.933. The minimum absolute atomic E-state index is 0.366. The topological polar surface area (TPSA) is 58.3 Å². The van der Waals surface area contributed by atoms with Gasteiger partial charge in [-0.1, -0.05) is 6.07 Å². The molecule has 1 fully saturated rings. The maximum atomic E-state index is 5.74. The number of piperazine rings is 1. The molecule has 3 heterocycles. The van der Waals surface area contributed by atoms with Gasteiger partial charge in [0.1, 0.15) is 5.82 Å². The molecule has 112 valence electrons. The number of nitrogens with two attached hydrogens (primary N) is 1. The molecule has 1 aliphatic rings. The van der Waals surface area contributed by atoms with Crippen molar-refractivity contribution in [3.63, 3.8) is 0 Å². The Labute approximate surface area is 129 Å². The summed E-state index contributed by atoms with van der Waals surface area (Å²) in [5, 5.41) is 2.15. The van der Waals surface area contributed by atoms with Crippen LogP contribution < -0.4 is 10.6 Å². The Balaban J connectivity index is 1.52. The van der Waals surface area contributed by atoms with E-state index in [0.717, 1.165) is 50.7 Å². The molecule has 1 aliphatic heterocycles. The smallest absolute Gasteiger partial charge is 0.222 e. The first-order valence-electron chi connectivity index (χ1n) is 7.31. The summed E-state index contributed by atoms with van der Waals surface area (Å²) >= 11 is 1.84. The average Bonchev–Trinajstić information content (AvgIpc) is 2.98. The van der Waals surface area contributed by atoms with Crippen LogP contribution >= 0.6 is 11.3 Å². The van der Waals surface area contributed by atoms with Crippen molar-refractivity contribution in [2.24, 2.45) is 0 Å². The maximum Gasteiger partial charge on any atom is 0.222 e. The van der Waals surface area contributed by atoms with E-state index in [0.29, 0.717) is 5.95 Å². The summed E-state index contributed by atoms with van der Waals surface area (Å²) in [6.07, 6.45) is 1.15. The van der Waals surface area contributed by atoms with Gasteiger partial charge >= 0.3 is 0 Å². The average molecular weight is 303 g/mol. The Morgan fingerprint density at radius 1 is 1.24 bits per heavy atom. The third kappa shape index (κ3) is 3.71. The van der Waals surface area contributed by atoms with Gasteiger partial charge in [-0.15, -0.1) is 11.3 Å². The molecule has 0 unspecified atom stereocenters. The van der Waals surface area contributed by atoms with Crippen molar-refractivity contribution in [2.45, 2.75) is 13.3 Å². The first kappa shape index (κ1) is 14.3. The molecule has 1 saturated heterocycles. The van der Waals surface area contributed by atoms with Gasteiger partial charge in [0.15, 0.2) is 0 Å². The van der Waals surface area contributed by atoms with E-state index in [1.807, 2.05) is 24.3 Å². The van der Waals surface area contributed by atoms with E-state index < -0.39 is 0 Å². The highest BCUT2D eigenvalue weighted by Crippen LogP contribution is 2.16. The predicted octanol–water partition coefficient (Wildman–Crippen LogP) is 1.79. The molecule has 5 nitrogen and oxygen atoms in total. The molecule has 0 amide bonds. The minimum atomic E-state index is 0.366. The molecule has 0 aromatic carbocycles. The molecule has 0 aliphatic carbocycles. The molecule has 2 N–H and O–H groups in total. The summed E-state index contributed by atoms with van der Waals surface area (Å²) in [5.74, 6) is 1.32. The number of nitrogen functional groups attached to an aromatic ring is 1. The number of nitrogens with zero attached hydrogens (tertiary/aromatic N) is 4. The van der Waals surface area contributed by atoms with E-state index >= 15 is 0 Å². The zero-order valence-corrected chi connectivity index (χ0v) is 13.1. The van der Waals surface area contributed by atoms with Crippen LogP contribution in [0.25, 0.3) is 0 Å². The van der Waals surface area contributed by atoms with Crippen LogP contribution in [-0.2, 0) is 6.42 Å². The van der Waals surface area contributed by atoms with Crippen LogP contribution in [0.2, 0.25) is 0 Å². The fraction of sp³-hybridized carbons (Fsp3) is 0.467. The normalized spacial score (nSPS) is 16.3. The van der Waals surface area contributed by atoms with Crippen molar-refractivity contribution in [1.29, 1.82) is 0 Å². The van der Waals surface area contributed by atoms with Gasteiger partial charge < -0.3 is 10.6 Å². The number of thiophene rings is 1. The van der Waals surface area contributed by atoms with Crippen LogP contribution in [0.15, 0.2) is 23.6 Å². The monoisotopic (exact) mass is 303 g/mol. The van der Waals surface area contributed by atoms with Gasteiger partial charge in [-0.2, -0.15) is 4.98 Å². The Hall–Kier alpha value is -1.66. The number of rotatable bonds is 4. The van der Waals surface area contributed by atoms with Crippen molar-refractivity contribution >= 4 is 23.1 Å². The second-order valence-electron chi connectivity index (χ2n) is 5.38. The van der Waals surface area contributed by atoms with E-state index in [4.69, 9.17) is 5.73 Å². The molecule has 0 saturated carbocycles. The zero-order valence-electron chi connectivity index (χ0n) is 12.3. The summed E-state index contributed by atoms with van der Waals surface area (Å²) in [6, 6.07) is 6.35. The number of aryl methyl sites for hydroxylation is 1. The fourth-order valence-electron chi connectivity index (χ4n) is 2.66. The Bertz CT molecular complexity index is 556. The van der Waals surface area contributed by atoms with E-state index in [9.17, 15) is 0 Å². The van der Waals surface area contributed by atoms with Gasteiger partial charge in [-0.3, -0.25) is 4.90 Å². The van der Waals surface area contributed by atoms with E-state index in [1.165, 1.54) is 4.88 Å². The number of hydrogen-bond acceptors (Lipinski definition) is 6. The lowest BCUT2D eigenvalue weighted by atomic mass is 10.2. The van der Waals surface area contributed by atoms with Gasteiger partial charge in [0.05, 0.1) is 0 Å². The minimum Gasteiger partial charge on any atom is -0.368 e. The summed E-state index contributed by atoms with van der Waals surface area (Å²) in [5.41, 5.74) is 6.67.